The molecule has 21 heavy (non-hydrogen) atoms. The van der Waals surface area contributed by atoms with E-state index in [-0.39, 0.29) is 10.7 Å². The van der Waals surface area contributed by atoms with Gasteiger partial charge in [-0.05, 0) is 18.2 Å². The zero-order valence-corrected chi connectivity index (χ0v) is 11.3. The van der Waals surface area contributed by atoms with Gasteiger partial charge in [0.15, 0.2) is 0 Å². The van der Waals surface area contributed by atoms with Crippen molar-refractivity contribution in [3.05, 3.63) is 68.7 Å². The largest absolute Gasteiger partial charge is 0.434 e. The third-order valence-electron chi connectivity index (χ3n) is 3.13. The highest BCUT2D eigenvalue weighted by molar-refractivity contribution is 6.32. The lowest BCUT2D eigenvalue weighted by Crippen LogP contribution is -2.10. The summed E-state index contributed by atoms with van der Waals surface area (Å²) in [4.78, 5) is 21.9. The molecular formula is C14H9ClN2O4. The second-order valence-electron chi connectivity index (χ2n) is 4.44. The fourth-order valence-corrected chi connectivity index (χ4v) is 2.40. The number of rotatable bonds is 3. The predicted molar refractivity (Wildman–Crippen MR) is 76.3 cm³/mol. The maximum absolute atomic E-state index is 11.7. The van der Waals surface area contributed by atoms with Gasteiger partial charge in [-0.2, -0.15) is 0 Å². The number of ether oxygens (including phenoxy) is 1. The fraction of sp³-hybridized carbons (Fsp3) is 0.0714. The van der Waals surface area contributed by atoms with Gasteiger partial charge >= 0.3 is 5.97 Å². The van der Waals surface area contributed by atoms with Crippen molar-refractivity contribution >= 4 is 28.9 Å². The molecule has 0 bridgehead atoms. The van der Waals surface area contributed by atoms with Gasteiger partial charge in [0.1, 0.15) is 5.02 Å². The lowest BCUT2D eigenvalue weighted by Gasteiger charge is -2.14. The van der Waals surface area contributed by atoms with Crippen LogP contribution in [0.5, 0.6) is 0 Å². The van der Waals surface area contributed by atoms with Crippen LogP contribution in [0, 0.1) is 10.1 Å². The summed E-state index contributed by atoms with van der Waals surface area (Å²) in [5.74, 6) is -0.406. The molecule has 7 heteroatoms. The number of hydrogen-bond donors (Lipinski definition) is 1. The van der Waals surface area contributed by atoms with Crippen molar-refractivity contribution < 1.29 is 14.5 Å². The smallest absolute Gasteiger partial charge is 0.340 e. The number of carbonyl (C=O) groups is 1. The number of carbonyl (C=O) groups excluding carboxylic acids is 1. The zero-order valence-electron chi connectivity index (χ0n) is 10.6. The molecule has 0 radical (unpaired) electrons. The highest BCUT2D eigenvalue weighted by atomic mass is 35.5. The summed E-state index contributed by atoms with van der Waals surface area (Å²) < 4.78 is 5.23. The number of nitro groups is 1. The normalized spacial score (nSPS) is 16.2. The molecule has 0 aliphatic carbocycles. The van der Waals surface area contributed by atoms with E-state index in [1.54, 1.807) is 24.3 Å². The molecule has 2 aromatic rings. The van der Waals surface area contributed by atoms with E-state index in [4.69, 9.17) is 16.3 Å². The van der Waals surface area contributed by atoms with Gasteiger partial charge in [-0.3, -0.25) is 10.1 Å². The Morgan fingerprint density at radius 2 is 2.00 bits per heavy atom. The predicted octanol–water partition coefficient (Wildman–Crippen LogP) is 3.53. The summed E-state index contributed by atoms with van der Waals surface area (Å²) in [6.45, 7) is 0. The molecule has 0 amide bonds. The van der Waals surface area contributed by atoms with Gasteiger partial charge in [0.25, 0.3) is 5.69 Å². The van der Waals surface area contributed by atoms with Crippen molar-refractivity contribution in [2.45, 2.75) is 6.23 Å². The summed E-state index contributed by atoms with van der Waals surface area (Å²) >= 11 is 5.85. The number of nitrogens with one attached hydrogen (secondary N) is 1. The average Bonchev–Trinajstić information content (AvgIpc) is 2.76. The van der Waals surface area contributed by atoms with E-state index in [1.165, 1.54) is 18.2 Å². The number of halogens is 1. The number of fused-ring (bicyclic) bond motifs is 1. The lowest BCUT2D eigenvalue weighted by molar-refractivity contribution is -0.384. The number of nitro benzene ring substituents is 1. The van der Waals surface area contributed by atoms with Crippen molar-refractivity contribution in [1.82, 2.24) is 0 Å². The molecule has 3 rings (SSSR count). The molecule has 0 fully saturated rings. The van der Waals surface area contributed by atoms with Gasteiger partial charge in [0, 0.05) is 17.3 Å². The van der Waals surface area contributed by atoms with E-state index < -0.39 is 17.1 Å². The van der Waals surface area contributed by atoms with Crippen molar-refractivity contribution in [3.8, 4) is 0 Å². The average molecular weight is 305 g/mol. The number of esters is 1. The van der Waals surface area contributed by atoms with Gasteiger partial charge in [-0.15, -0.1) is 0 Å². The highest BCUT2D eigenvalue weighted by Crippen LogP contribution is 2.33. The Hall–Kier alpha value is -2.60. The summed E-state index contributed by atoms with van der Waals surface area (Å²) in [6, 6.07) is 11.3. The van der Waals surface area contributed by atoms with E-state index in [2.05, 4.69) is 5.32 Å². The summed E-state index contributed by atoms with van der Waals surface area (Å²) in [7, 11) is 0. The molecule has 0 saturated carbocycles. The van der Waals surface area contributed by atoms with Crippen LogP contribution in [0.2, 0.25) is 5.02 Å². The molecule has 1 unspecified atom stereocenters. The van der Waals surface area contributed by atoms with Crippen LogP contribution in [0.1, 0.15) is 22.1 Å². The quantitative estimate of drug-likeness (QED) is 0.533. The molecule has 1 heterocycles. The van der Waals surface area contributed by atoms with Crippen LogP contribution in [0.25, 0.3) is 0 Å². The molecule has 0 aromatic heterocycles. The third-order valence-corrected chi connectivity index (χ3v) is 3.43. The number of cyclic esters (lactones) is 1. The monoisotopic (exact) mass is 304 g/mol. The molecule has 1 N–H and O–H groups in total. The van der Waals surface area contributed by atoms with Crippen LogP contribution in [0.3, 0.4) is 0 Å². The van der Waals surface area contributed by atoms with Crippen molar-refractivity contribution in [2.24, 2.45) is 0 Å². The molecule has 1 atom stereocenters. The Kier molecular flexibility index (Phi) is 3.23. The Morgan fingerprint density at radius 1 is 1.24 bits per heavy atom. The summed E-state index contributed by atoms with van der Waals surface area (Å²) in [6.07, 6.45) is -0.633. The first-order valence-electron chi connectivity index (χ1n) is 6.06. The number of anilines is 1. The molecule has 1 aliphatic rings. The van der Waals surface area contributed by atoms with Crippen molar-refractivity contribution in [2.75, 3.05) is 5.32 Å². The van der Waals surface area contributed by atoms with E-state index in [0.717, 1.165) is 5.56 Å². The lowest BCUT2D eigenvalue weighted by atomic mass is 10.1. The molecule has 0 spiro atoms. The summed E-state index contributed by atoms with van der Waals surface area (Å²) in [5.41, 5.74) is 1.58. The van der Waals surface area contributed by atoms with E-state index in [1.807, 2.05) is 0 Å². The van der Waals surface area contributed by atoms with Gasteiger partial charge < -0.3 is 10.1 Å². The molecule has 1 aliphatic heterocycles. The maximum Gasteiger partial charge on any atom is 0.340 e. The minimum Gasteiger partial charge on any atom is -0.434 e. The zero-order chi connectivity index (χ0) is 15.0. The molecule has 106 valence electrons. The third kappa shape index (κ3) is 2.41. The maximum atomic E-state index is 11.7. The van der Waals surface area contributed by atoms with Crippen LogP contribution >= 0.6 is 11.6 Å². The number of hydrogen-bond acceptors (Lipinski definition) is 5. The topological polar surface area (TPSA) is 81.5 Å². The minimum atomic E-state index is -0.633. The summed E-state index contributed by atoms with van der Waals surface area (Å²) in [5, 5.41) is 13.7. The van der Waals surface area contributed by atoms with Crippen molar-refractivity contribution in [1.29, 1.82) is 0 Å². The minimum absolute atomic E-state index is 0.0163. The van der Waals surface area contributed by atoms with Gasteiger partial charge in [0.05, 0.1) is 10.5 Å². The molecular weight excluding hydrogens is 296 g/mol. The second kappa shape index (κ2) is 5.06. The first-order chi connectivity index (χ1) is 10.1. The van der Waals surface area contributed by atoms with E-state index in [9.17, 15) is 14.9 Å². The molecule has 6 nitrogen and oxygen atoms in total. The van der Waals surface area contributed by atoms with Crippen LogP contribution in [-0.2, 0) is 4.74 Å². The Morgan fingerprint density at radius 3 is 2.71 bits per heavy atom. The van der Waals surface area contributed by atoms with Crippen LogP contribution in [-0.4, -0.2) is 10.9 Å². The highest BCUT2D eigenvalue weighted by Gasteiger charge is 2.30. The Labute approximate surface area is 124 Å². The first kappa shape index (κ1) is 13.4. The van der Waals surface area contributed by atoms with Crippen LogP contribution < -0.4 is 5.32 Å². The Bertz CT molecular complexity index is 748. The van der Waals surface area contributed by atoms with Crippen LogP contribution in [0.4, 0.5) is 11.4 Å². The Balaban J connectivity index is 1.87. The number of nitrogens with zero attached hydrogens (tertiary/aromatic N) is 1. The first-order valence-corrected chi connectivity index (χ1v) is 6.44. The standard InChI is InChI=1S/C14H9ClN2O4/c15-11-7-8(5-6-12(11)17(19)20)16-13-9-3-1-2-4-10(9)14(18)21-13/h1-7,13,16H. The molecule has 2 aromatic carbocycles. The molecule has 0 saturated heterocycles. The van der Waals surface area contributed by atoms with Gasteiger partial charge in [0.2, 0.25) is 6.23 Å². The van der Waals surface area contributed by atoms with Gasteiger partial charge in [-0.1, -0.05) is 29.8 Å². The SMILES string of the molecule is O=C1OC(Nc2ccc([N+](=O)[O-])c(Cl)c2)c2ccccc21. The fourth-order valence-electron chi connectivity index (χ4n) is 2.15. The van der Waals surface area contributed by atoms with E-state index in [0.29, 0.717) is 11.3 Å². The van der Waals surface area contributed by atoms with Crippen LogP contribution in [0.15, 0.2) is 42.5 Å². The van der Waals surface area contributed by atoms with Gasteiger partial charge in [-0.25, -0.2) is 4.79 Å². The van der Waals surface area contributed by atoms with Crippen molar-refractivity contribution in [3.63, 3.8) is 0 Å². The number of benzene rings is 2. The van der Waals surface area contributed by atoms with E-state index >= 15 is 0 Å². The second-order valence-corrected chi connectivity index (χ2v) is 4.85.